The number of hydrogen-bond donors (Lipinski definition) is 2. The number of furan rings is 1. The van der Waals surface area contributed by atoms with Gasteiger partial charge < -0.3 is 15.1 Å². The molecule has 0 aliphatic rings. The van der Waals surface area contributed by atoms with Crippen LogP contribution in [-0.2, 0) is 6.54 Å². The van der Waals surface area contributed by atoms with Crippen molar-refractivity contribution in [1.29, 1.82) is 0 Å². The predicted octanol–water partition coefficient (Wildman–Crippen LogP) is 4.24. The summed E-state index contributed by atoms with van der Waals surface area (Å²) in [6, 6.07) is 9.99. The van der Waals surface area contributed by atoms with Gasteiger partial charge in [-0.3, -0.25) is 4.79 Å². The Labute approximate surface area is 147 Å². The molecule has 0 spiro atoms. The Morgan fingerprint density at radius 1 is 1.17 bits per heavy atom. The van der Waals surface area contributed by atoms with Crippen molar-refractivity contribution in [2.45, 2.75) is 6.54 Å². The standard InChI is InChI=1S/C16H12Cl2N4O2/c17-10-3-4-13(12(18)6-10)22-16(23)14-7-15(21-9-20-14)19-8-11-2-1-5-24-11/h1-7,9H,8H2,(H,22,23)(H,19,20,21). The molecule has 0 aliphatic heterocycles. The molecule has 0 aliphatic carbocycles. The second-order valence-corrected chi connectivity index (χ2v) is 5.64. The van der Waals surface area contributed by atoms with E-state index in [9.17, 15) is 4.79 Å². The number of hydrogen-bond acceptors (Lipinski definition) is 5. The number of amides is 1. The average molecular weight is 363 g/mol. The number of carbonyl (C=O) groups is 1. The zero-order valence-electron chi connectivity index (χ0n) is 12.3. The largest absolute Gasteiger partial charge is 0.467 e. The average Bonchev–Trinajstić information content (AvgIpc) is 3.09. The van der Waals surface area contributed by atoms with Crippen LogP contribution in [0.15, 0.2) is 53.4 Å². The Hall–Kier alpha value is -2.57. The SMILES string of the molecule is O=C(Nc1ccc(Cl)cc1Cl)c1cc(NCc2ccco2)ncn1. The van der Waals surface area contributed by atoms with Crippen LogP contribution in [0.2, 0.25) is 10.0 Å². The Balaban J connectivity index is 1.69. The van der Waals surface area contributed by atoms with E-state index in [1.165, 1.54) is 6.33 Å². The lowest BCUT2D eigenvalue weighted by atomic mass is 10.3. The van der Waals surface area contributed by atoms with Gasteiger partial charge in [-0.2, -0.15) is 0 Å². The molecule has 1 amide bonds. The maximum absolute atomic E-state index is 12.3. The highest BCUT2D eigenvalue weighted by Crippen LogP contribution is 2.25. The number of rotatable bonds is 5. The third kappa shape index (κ3) is 4.04. The van der Waals surface area contributed by atoms with Gasteiger partial charge in [0.2, 0.25) is 0 Å². The highest BCUT2D eigenvalue weighted by atomic mass is 35.5. The minimum atomic E-state index is -0.400. The van der Waals surface area contributed by atoms with E-state index in [0.29, 0.717) is 28.1 Å². The van der Waals surface area contributed by atoms with E-state index >= 15 is 0 Å². The molecule has 8 heteroatoms. The van der Waals surface area contributed by atoms with E-state index in [-0.39, 0.29) is 5.69 Å². The highest BCUT2D eigenvalue weighted by molar-refractivity contribution is 6.36. The van der Waals surface area contributed by atoms with Gasteiger partial charge >= 0.3 is 0 Å². The summed E-state index contributed by atoms with van der Waals surface area (Å²) in [4.78, 5) is 20.3. The molecule has 122 valence electrons. The summed E-state index contributed by atoms with van der Waals surface area (Å²) >= 11 is 11.9. The summed E-state index contributed by atoms with van der Waals surface area (Å²) in [5.74, 6) is 0.865. The van der Waals surface area contributed by atoms with Gasteiger partial charge in [-0.1, -0.05) is 23.2 Å². The van der Waals surface area contributed by atoms with E-state index in [4.69, 9.17) is 27.6 Å². The topological polar surface area (TPSA) is 80.0 Å². The summed E-state index contributed by atoms with van der Waals surface area (Å²) < 4.78 is 5.22. The quantitative estimate of drug-likeness (QED) is 0.709. The molecule has 0 atom stereocenters. The highest BCUT2D eigenvalue weighted by Gasteiger charge is 2.11. The molecule has 3 rings (SSSR count). The number of aromatic nitrogens is 2. The van der Waals surface area contributed by atoms with Crippen molar-refractivity contribution in [2.24, 2.45) is 0 Å². The van der Waals surface area contributed by atoms with E-state index in [1.807, 2.05) is 6.07 Å². The fraction of sp³-hybridized carbons (Fsp3) is 0.0625. The molecule has 0 bridgehead atoms. The molecule has 0 fully saturated rings. The number of anilines is 2. The van der Waals surface area contributed by atoms with E-state index in [1.54, 1.807) is 36.6 Å². The minimum absolute atomic E-state index is 0.206. The van der Waals surface area contributed by atoms with Gasteiger partial charge in [0.05, 0.1) is 23.5 Å². The van der Waals surface area contributed by atoms with Crippen LogP contribution in [0.5, 0.6) is 0 Å². The van der Waals surface area contributed by atoms with Crippen molar-refractivity contribution in [1.82, 2.24) is 9.97 Å². The zero-order valence-corrected chi connectivity index (χ0v) is 13.8. The van der Waals surface area contributed by atoms with Crippen molar-refractivity contribution >= 4 is 40.6 Å². The number of nitrogens with zero attached hydrogens (tertiary/aromatic N) is 2. The molecule has 3 aromatic rings. The van der Waals surface area contributed by atoms with Crippen molar-refractivity contribution in [3.05, 3.63) is 70.5 Å². The van der Waals surface area contributed by atoms with Gasteiger partial charge in [-0.25, -0.2) is 9.97 Å². The number of nitrogens with one attached hydrogen (secondary N) is 2. The van der Waals surface area contributed by atoms with Crippen LogP contribution in [0.25, 0.3) is 0 Å². The summed E-state index contributed by atoms with van der Waals surface area (Å²) in [6.07, 6.45) is 2.90. The molecule has 6 nitrogen and oxygen atoms in total. The Morgan fingerprint density at radius 2 is 2.04 bits per heavy atom. The van der Waals surface area contributed by atoms with Crippen LogP contribution >= 0.6 is 23.2 Å². The molecule has 0 radical (unpaired) electrons. The van der Waals surface area contributed by atoms with E-state index in [2.05, 4.69) is 20.6 Å². The van der Waals surface area contributed by atoms with Gasteiger partial charge in [0.25, 0.3) is 5.91 Å². The Kier molecular flexibility index (Phi) is 4.98. The number of halogens is 2. The van der Waals surface area contributed by atoms with E-state index in [0.717, 1.165) is 5.76 Å². The van der Waals surface area contributed by atoms with Crippen molar-refractivity contribution in [3.63, 3.8) is 0 Å². The van der Waals surface area contributed by atoms with Gasteiger partial charge in [-0.15, -0.1) is 0 Å². The monoisotopic (exact) mass is 362 g/mol. The lowest BCUT2D eigenvalue weighted by Crippen LogP contribution is -2.15. The lowest BCUT2D eigenvalue weighted by Gasteiger charge is -2.08. The Bertz CT molecular complexity index is 853. The number of benzene rings is 1. The van der Waals surface area contributed by atoms with Crippen LogP contribution < -0.4 is 10.6 Å². The molecule has 24 heavy (non-hydrogen) atoms. The second kappa shape index (κ2) is 7.33. The normalized spacial score (nSPS) is 10.4. The van der Waals surface area contributed by atoms with E-state index < -0.39 is 5.91 Å². The van der Waals surface area contributed by atoms with Crippen molar-refractivity contribution in [2.75, 3.05) is 10.6 Å². The fourth-order valence-electron chi connectivity index (χ4n) is 1.95. The maximum atomic E-state index is 12.3. The molecule has 2 aromatic heterocycles. The molecule has 0 unspecified atom stereocenters. The van der Waals surface area contributed by atoms with Gasteiger partial charge in [0, 0.05) is 11.1 Å². The first-order valence-corrected chi connectivity index (χ1v) is 7.72. The first kappa shape index (κ1) is 16.3. The summed E-state index contributed by atoms with van der Waals surface area (Å²) in [7, 11) is 0. The molecule has 0 saturated heterocycles. The molecule has 2 N–H and O–H groups in total. The minimum Gasteiger partial charge on any atom is -0.467 e. The predicted molar refractivity (Wildman–Crippen MR) is 92.5 cm³/mol. The third-order valence-corrected chi connectivity index (χ3v) is 3.65. The van der Waals surface area contributed by atoms with Crippen molar-refractivity contribution in [3.8, 4) is 0 Å². The summed E-state index contributed by atoms with van der Waals surface area (Å²) in [5, 5.41) is 6.58. The maximum Gasteiger partial charge on any atom is 0.274 e. The van der Waals surface area contributed by atoms with Crippen LogP contribution in [0.1, 0.15) is 16.2 Å². The summed E-state index contributed by atoms with van der Waals surface area (Å²) in [6.45, 7) is 0.452. The summed E-state index contributed by atoms with van der Waals surface area (Å²) in [5.41, 5.74) is 0.660. The zero-order chi connectivity index (χ0) is 16.9. The number of carbonyl (C=O) groups excluding carboxylic acids is 1. The molecular weight excluding hydrogens is 351 g/mol. The van der Waals surface area contributed by atoms with Crippen LogP contribution in [0.3, 0.4) is 0 Å². The third-order valence-electron chi connectivity index (χ3n) is 3.10. The molecular formula is C16H12Cl2N4O2. The van der Waals surface area contributed by atoms with Crippen molar-refractivity contribution < 1.29 is 9.21 Å². The van der Waals surface area contributed by atoms with Gasteiger partial charge in [0.15, 0.2) is 0 Å². The first-order valence-electron chi connectivity index (χ1n) is 6.96. The molecule has 1 aromatic carbocycles. The smallest absolute Gasteiger partial charge is 0.274 e. The second-order valence-electron chi connectivity index (χ2n) is 4.80. The van der Waals surface area contributed by atoms with Gasteiger partial charge in [-0.05, 0) is 30.3 Å². The molecule has 0 saturated carbocycles. The first-order chi connectivity index (χ1) is 11.6. The lowest BCUT2D eigenvalue weighted by molar-refractivity contribution is 0.102. The fourth-order valence-corrected chi connectivity index (χ4v) is 2.40. The van der Waals surface area contributed by atoms with Crippen LogP contribution in [0.4, 0.5) is 11.5 Å². The molecule has 2 heterocycles. The Morgan fingerprint density at radius 3 is 2.79 bits per heavy atom. The van der Waals surface area contributed by atoms with Gasteiger partial charge in [0.1, 0.15) is 23.6 Å². The van der Waals surface area contributed by atoms with Crippen LogP contribution in [0, 0.1) is 0 Å². The van der Waals surface area contributed by atoms with Crippen LogP contribution in [-0.4, -0.2) is 15.9 Å².